The quantitative estimate of drug-likeness (QED) is 0.131. The smallest absolute Gasteiger partial charge is 0.342 e. The Bertz CT molecular complexity index is 1300. The Morgan fingerprint density at radius 1 is 0.765 bits per heavy atom. The lowest BCUT2D eigenvalue weighted by Crippen LogP contribution is -1.99. The summed E-state index contributed by atoms with van der Waals surface area (Å²) in [5.74, 6) is 4.56. The molecule has 0 N–H and O–H groups in total. The van der Waals surface area contributed by atoms with Crippen LogP contribution in [-0.4, -0.2) is 16.2 Å². The highest BCUT2D eigenvalue weighted by Crippen LogP contribution is 2.26. The van der Waals surface area contributed by atoms with Gasteiger partial charge in [0, 0.05) is 26.5 Å². The minimum absolute atomic E-state index is 0.160. The minimum Gasteiger partial charge on any atom is -0.432 e. The molecule has 4 nitrogen and oxygen atoms in total. The molecule has 0 unspecified atom stereocenters. The van der Waals surface area contributed by atoms with Gasteiger partial charge in [-0.05, 0) is 96.3 Å². The van der Waals surface area contributed by atoms with Crippen LogP contribution in [0.4, 0.5) is 4.39 Å². The molecule has 34 heavy (non-hydrogen) atoms. The standard InChI is InChI=1S/C27H17FO4S2/c1-3-32-25(29)21-10-6-19(7-11-21)4-5-20-8-14-23(15-9-20)34-27(31)22-12-16-24(17-13-22)33-26(30)18(2)28/h3,6-17H,1-2H2. The third-order valence-corrected chi connectivity index (χ3v) is 6.09. The predicted octanol–water partition coefficient (Wildman–Crippen LogP) is 6.42. The summed E-state index contributed by atoms with van der Waals surface area (Å²) in [6.07, 6.45) is 1.08. The topological polar surface area (TPSA) is 60.4 Å². The van der Waals surface area contributed by atoms with Gasteiger partial charge in [-0.3, -0.25) is 9.59 Å². The zero-order valence-corrected chi connectivity index (χ0v) is 19.4. The van der Waals surface area contributed by atoms with Crippen LogP contribution < -0.4 is 0 Å². The van der Waals surface area contributed by atoms with Crippen LogP contribution in [0.3, 0.4) is 0 Å². The summed E-state index contributed by atoms with van der Waals surface area (Å²) in [7, 11) is 0. The van der Waals surface area contributed by atoms with E-state index < -0.39 is 16.9 Å². The SMILES string of the molecule is C=COC(=O)c1ccc(C#Cc2ccc(SC(=O)c3ccc(SC(=O)C(=C)F)cc3)cc2)cc1. The highest BCUT2D eigenvalue weighted by atomic mass is 32.2. The summed E-state index contributed by atoms with van der Waals surface area (Å²) in [6, 6.07) is 20.3. The van der Waals surface area contributed by atoms with Crippen molar-refractivity contribution in [1.82, 2.24) is 0 Å². The molecule has 3 rings (SSSR count). The van der Waals surface area contributed by atoms with Crippen molar-refractivity contribution in [2.75, 3.05) is 0 Å². The molecule has 168 valence electrons. The van der Waals surface area contributed by atoms with Gasteiger partial charge in [-0.1, -0.05) is 25.0 Å². The molecule has 0 aliphatic rings. The molecule has 0 aliphatic carbocycles. The lowest BCUT2D eigenvalue weighted by molar-refractivity contribution is -0.109. The number of carbonyl (C=O) groups is 3. The summed E-state index contributed by atoms with van der Waals surface area (Å²) in [5.41, 5.74) is 2.38. The van der Waals surface area contributed by atoms with Crippen molar-refractivity contribution in [2.45, 2.75) is 9.79 Å². The van der Waals surface area contributed by atoms with E-state index in [1.807, 2.05) is 12.1 Å². The number of hydrogen-bond acceptors (Lipinski definition) is 6. The fourth-order valence-corrected chi connectivity index (χ4v) is 3.91. The summed E-state index contributed by atoms with van der Waals surface area (Å²) in [5, 5.41) is -0.923. The Kier molecular flexibility index (Phi) is 8.63. The fourth-order valence-electron chi connectivity index (χ4n) is 2.57. The Morgan fingerprint density at radius 2 is 1.24 bits per heavy atom. The fraction of sp³-hybridized carbons (Fsp3) is 0. The van der Waals surface area contributed by atoms with Gasteiger partial charge in [0.1, 0.15) is 0 Å². The molecule has 3 aromatic carbocycles. The van der Waals surface area contributed by atoms with Crippen molar-refractivity contribution in [3.8, 4) is 11.8 Å². The van der Waals surface area contributed by atoms with Crippen LogP contribution in [0.1, 0.15) is 31.8 Å². The van der Waals surface area contributed by atoms with E-state index in [0.29, 0.717) is 27.8 Å². The van der Waals surface area contributed by atoms with E-state index in [1.54, 1.807) is 60.7 Å². The van der Waals surface area contributed by atoms with E-state index in [0.717, 1.165) is 34.0 Å². The first-order chi connectivity index (χ1) is 16.4. The number of carbonyl (C=O) groups excluding carboxylic acids is 3. The van der Waals surface area contributed by atoms with Gasteiger partial charge in [-0.15, -0.1) is 0 Å². The van der Waals surface area contributed by atoms with E-state index in [4.69, 9.17) is 4.74 Å². The van der Waals surface area contributed by atoms with Crippen LogP contribution in [0.5, 0.6) is 0 Å². The molecule has 0 aliphatic heterocycles. The van der Waals surface area contributed by atoms with E-state index in [-0.39, 0.29) is 5.12 Å². The minimum atomic E-state index is -1.02. The van der Waals surface area contributed by atoms with Crippen molar-refractivity contribution in [1.29, 1.82) is 0 Å². The summed E-state index contributed by atoms with van der Waals surface area (Å²) in [6.45, 7) is 6.32. The maximum Gasteiger partial charge on any atom is 0.342 e. The second kappa shape index (κ2) is 11.8. The van der Waals surface area contributed by atoms with E-state index in [2.05, 4.69) is 25.0 Å². The molecule has 0 heterocycles. The number of ether oxygens (including phenoxy) is 1. The van der Waals surface area contributed by atoms with Gasteiger partial charge in [0.25, 0.3) is 5.12 Å². The van der Waals surface area contributed by atoms with Gasteiger partial charge in [0.05, 0.1) is 11.8 Å². The second-order valence-corrected chi connectivity index (χ2v) is 8.72. The van der Waals surface area contributed by atoms with Crippen molar-refractivity contribution in [3.05, 3.63) is 120 Å². The normalized spacial score (nSPS) is 9.91. The average molecular weight is 489 g/mol. The van der Waals surface area contributed by atoms with Gasteiger partial charge in [0.15, 0.2) is 5.83 Å². The van der Waals surface area contributed by atoms with Crippen molar-refractivity contribution in [2.24, 2.45) is 0 Å². The maximum absolute atomic E-state index is 12.8. The molecule has 0 saturated heterocycles. The summed E-state index contributed by atoms with van der Waals surface area (Å²) in [4.78, 5) is 36.8. The Morgan fingerprint density at radius 3 is 1.76 bits per heavy atom. The van der Waals surface area contributed by atoms with E-state index in [9.17, 15) is 18.8 Å². The molecule has 0 amide bonds. The monoisotopic (exact) mass is 488 g/mol. The lowest BCUT2D eigenvalue weighted by atomic mass is 10.1. The Hall–Kier alpha value is -3.86. The molecule has 0 atom stereocenters. The third-order valence-electron chi connectivity index (χ3n) is 4.25. The lowest BCUT2D eigenvalue weighted by Gasteiger charge is -2.03. The van der Waals surface area contributed by atoms with Gasteiger partial charge in [-0.25, -0.2) is 9.18 Å². The molecule has 3 aromatic rings. The van der Waals surface area contributed by atoms with Crippen LogP contribution in [0.25, 0.3) is 0 Å². The van der Waals surface area contributed by atoms with Crippen LogP contribution in [-0.2, 0) is 9.53 Å². The molecule has 0 saturated carbocycles. The first-order valence-corrected chi connectivity index (χ1v) is 11.4. The number of rotatable bonds is 6. The first-order valence-electron chi connectivity index (χ1n) is 9.78. The molecule has 0 aromatic heterocycles. The second-order valence-electron chi connectivity index (χ2n) is 6.63. The highest BCUT2D eigenvalue weighted by molar-refractivity contribution is 8.14. The van der Waals surface area contributed by atoms with Gasteiger partial charge in [0.2, 0.25) is 5.12 Å². The highest BCUT2D eigenvalue weighted by Gasteiger charge is 2.11. The number of hydrogen-bond donors (Lipinski definition) is 0. The number of benzene rings is 3. The van der Waals surface area contributed by atoms with E-state index >= 15 is 0 Å². The molecule has 0 spiro atoms. The number of thioether (sulfide) groups is 2. The molecular weight excluding hydrogens is 471 g/mol. The van der Waals surface area contributed by atoms with E-state index in [1.165, 1.54) is 0 Å². The van der Waals surface area contributed by atoms with Crippen LogP contribution in [0.2, 0.25) is 0 Å². The zero-order chi connectivity index (χ0) is 24.5. The van der Waals surface area contributed by atoms with Crippen molar-refractivity contribution in [3.63, 3.8) is 0 Å². The molecule has 0 fully saturated rings. The Labute approximate surface area is 204 Å². The first kappa shape index (κ1) is 24.8. The maximum atomic E-state index is 12.8. The third kappa shape index (κ3) is 7.07. The van der Waals surface area contributed by atoms with Crippen LogP contribution >= 0.6 is 23.5 Å². The molecule has 0 radical (unpaired) electrons. The summed E-state index contributed by atoms with van der Waals surface area (Å²) < 4.78 is 17.5. The van der Waals surface area contributed by atoms with Crippen LogP contribution in [0.15, 0.2) is 108 Å². The van der Waals surface area contributed by atoms with Gasteiger partial charge in [-0.2, -0.15) is 0 Å². The number of esters is 1. The van der Waals surface area contributed by atoms with Crippen molar-refractivity contribution < 1.29 is 23.5 Å². The molecular formula is C27H17FO4S2. The van der Waals surface area contributed by atoms with Crippen molar-refractivity contribution >= 4 is 39.7 Å². The molecule has 7 heteroatoms. The largest absolute Gasteiger partial charge is 0.432 e. The van der Waals surface area contributed by atoms with Gasteiger partial charge < -0.3 is 4.74 Å². The Balaban J connectivity index is 1.59. The molecule has 0 bridgehead atoms. The predicted molar refractivity (Wildman–Crippen MR) is 132 cm³/mol. The zero-order valence-electron chi connectivity index (χ0n) is 17.7. The van der Waals surface area contributed by atoms with Crippen LogP contribution in [0, 0.1) is 11.8 Å². The average Bonchev–Trinajstić information content (AvgIpc) is 2.84. The number of halogens is 1. The van der Waals surface area contributed by atoms with Gasteiger partial charge >= 0.3 is 5.97 Å². The summed E-state index contributed by atoms with van der Waals surface area (Å²) >= 11 is 1.78.